The second kappa shape index (κ2) is 6.56. The lowest BCUT2D eigenvalue weighted by Gasteiger charge is -2.39. The molecule has 0 saturated carbocycles. The Morgan fingerprint density at radius 2 is 1.89 bits per heavy atom. The first-order valence-corrected chi connectivity index (χ1v) is 7.12. The first-order chi connectivity index (χ1) is 8.11. The molecule has 18 heavy (non-hydrogen) atoms. The van der Waals surface area contributed by atoms with Crippen molar-refractivity contribution in [3.63, 3.8) is 0 Å². The predicted octanol–water partition coefficient (Wildman–Crippen LogP) is 2.29. The largest absolute Gasteiger partial charge is 0.381 e. The second-order valence-corrected chi connectivity index (χ2v) is 6.44. The zero-order valence-electron chi connectivity index (χ0n) is 11.9. The van der Waals surface area contributed by atoms with Gasteiger partial charge in [0.25, 0.3) is 0 Å². The Labute approximate surface area is 118 Å². The second-order valence-electron chi connectivity index (χ2n) is 6.44. The van der Waals surface area contributed by atoms with Crippen LogP contribution in [0, 0.1) is 10.8 Å². The van der Waals surface area contributed by atoms with Gasteiger partial charge in [-0.1, -0.05) is 13.8 Å². The van der Waals surface area contributed by atoms with Gasteiger partial charge in [-0.25, -0.2) is 0 Å². The van der Waals surface area contributed by atoms with Crippen LogP contribution in [0.4, 0.5) is 0 Å². The third kappa shape index (κ3) is 3.60. The van der Waals surface area contributed by atoms with E-state index in [9.17, 15) is 0 Å². The smallest absolute Gasteiger partial charge is 0.0471 e. The lowest BCUT2D eigenvalue weighted by molar-refractivity contribution is -0.00470. The van der Waals surface area contributed by atoms with Crippen LogP contribution in [-0.4, -0.2) is 44.3 Å². The SMILES string of the molecule is CCC1(CN2CCC(C)(CN)C2)CCOCC1.Cl. The highest BCUT2D eigenvalue weighted by molar-refractivity contribution is 5.85. The van der Waals surface area contributed by atoms with Gasteiger partial charge in [-0.05, 0) is 49.6 Å². The van der Waals surface area contributed by atoms with Crippen molar-refractivity contribution in [2.45, 2.75) is 39.5 Å². The average Bonchev–Trinajstić information content (AvgIpc) is 2.73. The number of halogens is 1. The van der Waals surface area contributed by atoms with Crippen molar-refractivity contribution in [1.29, 1.82) is 0 Å². The van der Waals surface area contributed by atoms with Gasteiger partial charge in [-0.15, -0.1) is 12.4 Å². The third-order valence-electron chi connectivity index (χ3n) is 4.99. The average molecular weight is 277 g/mol. The van der Waals surface area contributed by atoms with Crippen LogP contribution in [-0.2, 0) is 4.74 Å². The summed E-state index contributed by atoms with van der Waals surface area (Å²) in [5.41, 5.74) is 6.76. The molecule has 2 saturated heterocycles. The normalized spacial score (nSPS) is 32.2. The molecule has 3 nitrogen and oxygen atoms in total. The van der Waals surface area contributed by atoms with E-state index in [-0.39, 0.29) is 12.4 Å². The van der Waals surface area contributed by atoms with Crippen molar-refractivity contribution in [3.8, 4) is 0 Å². The van der Waals surface area contributed by atoms with Gasteiger partial charge in [0.15, 0.2) is 0 Å². The van der Waals surface area contributed by atoms with E-state index in [0.717, 1.165) is 19.8 Å². The summed E-state index contributed by atoms with van der Waals surface area (Å²) in [6, 6.07) is 0. The van der Waals surface area contributed by atoms with Crippen molar-refractivity contribution in [2.75, 3.05) is 39.4 Å². The summed E-state index contributed by atoms with van der Waals surface area (Å²) in [5.74, 6) is 0. The summed E-state index contributed by atoms with van der Waals surface area (Å²) in [5, 5.41) is 0. The molecule has 2 aliphatic heterocycles. The summed E-state index contributed by atoms with van der Waals surface area (Å²) < 4.78 is 5.51. The maximum Gasteiger partial charge on any atom is 0.0471 e. The summed E-state index contributed by atoms with van der Waals surface area (Å²) in [6.45, 7) is 11.1. The Balaban J connectivity index is 0.00000162. The maximum atomic E-state index is 5.88. The molecule has 0 aromatic rings. The van der Waals surface area contributed by atoms with Gasteiger partial charge in [0.05, 0.1) is 0 Å². The van der Waals surface area contributed by atoms with Gasteiger partial charge in [-0.3, -0.25) is 0 Å². The topological polar surface area (TPSA) is 38.5 Å². The Morgan fingerprint density at radius 1 is 1.22 bits per heavy atom. The van der Waals surface area contributed by atoms with Crippen LogP contribution in [0.25, 0.3) is 0 Å². The van der Waals surface area contributed by atoms with Crippen LogP contribution in [0.3, 0.4) is 0 Å². The van der Waals surface area contributed by atoms with Crippen LogP contribution < -0.4 is 5.73 Å². The summed E-state index contributed by atoms with van der Waals surface area (Å²) >= 11 is 0. The molecule has 2 heterocycles. The monoisotopic (exact) mass is 276 g/mol. The first-order valence-electron chi connectivity index (χ1n) is 7.12. The predicted molar refractivity (Wildman–Crippen MR) is 78.2 cm³/mol. The summed E-state index contributed by atoms with van der Waals surface area (Å²) in [4.78, 5) is 2.64. The van der Waals surface area contributed by atoms with E-state index in [1.165, 1.54) is 45.3 Å². The number of ether oxygens (including phenoxy) is 1. The minimum Gasteiger partial charge on any atom is -0.381 e. The maximum absolute atomic E-state index is 5.88. The molecule has 2 N–H and O–H groups in total. The van der Waals surface area contributed by atoms with Crippen LogP contribution in [0.5, 0.6) is 0 Å². The number of rotatable bonds is 4. The van der Waals surface area contributed by atoms with E-state index >= 15 is 0 Å². The molecule has 2 aliphatic rings. The standard InChI is InChI=1S/C14H28N2O.ClH/c1-3-14(5-8-17-9-6-14)12-16-7-4-13(2,10-15)11-16;/h3-12,15H2,1-2H3;1H. The number of nitrogens with zero attached hydrogens (tertiary/aromatic N) is 1. The molecular formula is C14H29ClN2O. The Morgan fingerprint density at radius 3 is 2.39 bits per heavy atom. The molecular weight excluding hydrogens is 248 g/mol. The molecule has 0 aromatic heterocycles. The molecule has 0 spiro atoms. The molecule has 108 valence electrons. The van der Waals surface area contributed by atoms with Gasteiger partial charge in [-0.2, -0.15) is 0 Å². The quantitative estimate of drug-likeness (QED) is 0.856. The first kappa shape index (κ1) is 16.2. The minimum absolute atomic E-state index is 0. The minimum atomic E-state index is 0. The fraction of sp³-hybridized carbons (Fsp3) is 1.00. The number of likely N-dealkylation sites (tertiary alicyclic amines) is 1. The zero-order chi connectivity index (χ0) is 12.4. The van der Waals surface area contributed by atoms with Crippen LogP contribution in [0.1, 0.15) is 39.5 Å². The van der Waals surface area contributed by atoms with Gasteiger partial charge in [0.1, 0.15) is 0 Å². The van der Waals surface area contributed by atoms with E-state index < -0.39 is 0 Å². The Hall–Kier alpha value is 0.170. The van der Waals surface area contributed by atoms with E-state index in [0.29, 0.717) is 10.8 Å². The molecule has 0 aliphatic carbocycles. The van der Waals surface area contributed by atoms with E-state index in [1.54, 1.807) is 0 Å². The van der Waals surface area contributed by atoms with Crippen LogP contribution in [0.2, 0.25) is 0 Å². The molecule has 2 rings (SSSR count). The van der Waals surface area contributed by atoms with E-state index in [2.05, 4.69) is 18.7 Å². The summed E-state index contributed by atoms with van der Waals surface area (Å²) in [7, 11) is 0. The van der Waals surface area contributed by atoms with Crippen molar-refractivity contribution in [1.82, 2.24) is 4.90 Å². The van der Waals surface area contributed by atoms with Crippen molar-refractivity contribution >= 4 is 12.4 Å². The summed E-state index contributed by atoms with van der Waals surface area (Å²) in [6.07, 6.45) is 5.02. The lowest BCUT2D eigenvalue weighted by atomic mass is 9.77. The van der Waals surface area contributed by atoms with Crippen LogP contribution >= 0.6 is 12.4 Å². The molecule has 0 bridgehead atoms. The van der Waals surface area contributed by atoms with Crippen LogP contribution in [0.15, 0.2) is 0 Å². The Kier molecular flexibility index (Phi) is 5.91. The van der Waals surface area contributed by atoms with Gasteiger partial charge < -0.3 is 15.4 Å². The van der Waals surface area contributed by atoms with Crippen molar-refractivity contribution in [3.05, 3.63) is 0 Å². The molecule has 2 fully saturated rings. The van der Waals surface area contributed by atoms with Crippen molar-refractivity contribution in [2.24, 2.45) is 16.6 Å². The highest BCUT2D eigenvalue weighted by atomic mass is 35.5. The molecule has 1 unspecified atom stereocenters. The lowest BCUT2D eigenvalue weighted by Crippen LogP contribution is -2.41. The van der Waals surface area contributed by atoms with Gasteiger partial charge >= 0.3 is 0 Å². The third-order valence-corrected chi connectivity index (χ3v) is 4.99. The molecule has 0 amide bonds. The highest BCUT2D eigenvalue weighted by Gasteiger charge is 2.38. The molecule has 0 aromatic carbocycles. The van der Waals surface area contributed by atoms with Gasteiger partial charge in [0.2, 0.25) is 0 Å². The van der Waals surface area contributed by atoms with E-state index in [4.69, 9.17) is 10.5 Å². The van der Waals surface area contributed by atoms with Gasteiger partial charge in [0, 0.05) is 26.3 Å². The van der Waals surface area contributed by atoms with Crippen molar-refractivity contribution < 1.29 is 4.74 Å². The molecule has 4 heteroatoms. The molecule has 1 atom stereocenters. The highest BCUT2D eigenvalue weighted by Crippen LogP contribution is 2.38. The zero-order valence-corrected chi connectivity index (χ0v) is 12.7. The number of nitrogens with two attached hydrogens (primary N) is 1. The number of hydrogen-bond acceptors (Lipinski definition) is 3. The number of hydrogen-bond donors (Lipinski definition) is 1. The fourth-order valence-corrected chi connectivity index (χ4v) is 3.33. The Bertz CT molecular complexity index is 256. The molecule has 0 radical (unpaired) electrons. The van der Waals surface area contributed by atoms with E-state index in [1.807, 2.05) is 0 Å². The fourth-order valence-electron chi connectivity index (χ4n) is 3.33.